The maximum atomic E-state index is 11.8. The Hall–Kier alpha value is -0.410. The number of esters is 2. The average Bonchev–Trinajstić information content (AvgIpc) is 2.57. The number of unbranched alkanes of at least 4 members (excludes halogenated alkanes) is 7. The maximum Gasteiger partial charge on any atom is 1.00 e. The molecule has 0 saturated heterocycles. The zero-order chi connectivity index (χ0) is 19.8. The number of hydrogen-bond acceptors (Lipinski definition) is 7. The first-order valence-electron chi connectivity index (χ1n) is 9.20. The molecule has 27 heavy (non-hydrogen) atoms. The van der Waals surface area contributed by atoms with Crippen LogP contribution in [-0.2, 0) is 29.2 Å². The summed E-state index contributed by atoms with van der Waals surface area (Å²) in [5.41, 5.74) is 0. The molecule has 0 aliphatic carbocycles. The summed E-state index contributed by atoms with van der Waals surface area (Å²) in [7, 11) is -5.00. The molecule has 152 valence electrons. The number of ether oxygens (including phenoxy) is 2. The molecule has 0 aromatic heterocycles. The van der Waals surface area contributed by atoms with E-state index >= 15 is 0 Å². The van der Waals surface area contributed by atoms with Gasteiger partial charge in [0, 0.05) is 0 Å². The van der Waals surface area contributed by atoms with Crippen LogP contribution in [0.25, 0.3) is 0 Å². The summed E-state index contributed by atoms with van der Waals surface area (Å²) >= 11 is 0. The van der Waals surface area contributed by atoms with Crippen LogP contribution in [0.5, 0.6) is 0 Å². The number of carbonyl (C=O) groups is 2. The zero-order valence-electron chi connectivity index (χ0n) is 16.6. The SMILES string of the molecule is C=CCCOC(=O)CC(C(=O)OCCCCCCCCCC)S(=O)(=O)[O-].[Na+]. The van der Waals surface area contributed by atoms with E-state index in [1.807, 2.05) is 0 Å². The first-order valence-corrected chi connectivity index (χ1v) is 10.7. The summed E-state index contributed by atoms with van der Waals surface area (Å²) in [6, 6.07) is 0. The van der Waals surface area contributed by atoms with Crippen molar-refractivity contribution >= 4 is 22.1 Å². The van der Waals surface area contributed by atoms with Crippen LogP contribution >= 0.6 is 0 Å². The van der Waals surface area contributed by atoms with Gasteiger partial charge < -0.3 is 14.0 Å². The van der Waals surface area contributed by atoms with Gasteiger partial charge in [0.1, 0.15) is 10.1 Å². The standard InChI is InChI=1S/C18H32O7S.Na/c1-3-5-7-8-9-10-11-12-14-25-18(20)16(26(21,22)23)15-17(19)24-13-6-4-2;/h4,16H,2-3,5-15H2,1H3,(H,21,22,23);/q;+1/p-1. The Labute approximate surface area is 185 Å². The minimum absolute atomic E-state index is 0. The van der Waals surface area contributed by atoms with E-state index in [-0.39, 0.29) is 42.8 Å². The minimum Gasteiger partial charge on any atom is -0.747 e. The van der Waals surface area contributed by atoms with Crippen molar-refractivity contribution < 1.29 is 61.6 Å². The summed E-state index contributed by atoms with van der Waals surface area (Å²) in [5, 5.41) is -2.06. The molecular weight excluding hydrogens is 383 g/mol. The van der Waals surface area contributed by atoms with Crippen LogP contribution in [0.3, 0.4) is 0 Å². The van der Waals surface area contributed by atoms with E-state index in [2.05, 4.69) is 13.5 Å². The van der Waals surface area contributed by atoms with Crippen LogP contribution in [0.15, 0.2) is 12.7 Å². The molecule has 0 aromatic carbocycles. The zero-order valence-corrected chi connectivity index (χ0v) is 19.4. The van der Waals surface area contributed by atoms with Crippen molar-refractivity contribution in [2.24, 2.45) is 0 Å². The summed E-state index contributed by atoms with van der Waals surface area (Å²) < 4.78 is 43.3. The third-order valence-electron chi connectivity index (χ3n) is 3.79. The Morgan fingerprint density at radius 2 is 1.56 bits per heavy atom. The molecule has 0 radical (unpaired) electrons. The first kappa shape index (κ1) is 28.8. The van der Waals surface area contributed by atoms with E-state index in [9.17, 15) is 22.6 Å². The van der Waals surface area contributed by atoms with Gasteiger partial charge in [0.2, 0.25) is 0 Å². The predicted octanol–water partition coefficient (Wildman–Crippen LogP) is 0.0975. The van der Waals surface area contributed by atoms with Crippen molar-refractivity contribution in [3.63, 3.8) is 0 Å². The van der Waals surface area contributed by atoms with Crippen molar-refractivity contribution in [1.82, 2.24) is 0 Å². The molecule has 1 unspecified atom stereocenters. The largest absolute Gasteiger partial charge is 1.00 e. The van der Waals surface area contributed by atoms with Gasteiger partial charge in [-0.1, -0.05) is 57.9 Å². The van der Waals surface area contributed by atoms with Crippen molar-refractivity contribution in [1.29, 1.82) is 0 Å². The third kappa shape index (κ3) is 16.3. The molecule has 7 nitrogen and oxygen atoms in total. The summed E-state index contributed by atoms with van der Waals surface area (Å²) in [6.07, 6.45) is 9.49. The Kier molecular flexibility index (Phi) is 18.8. The summed E-state index contributed by atoms with van der Waals surface area (Å²) in [4.78, 5) is 23.4. The fraction of sp³-hybridized carbons (Fsp3) is 0.778. The third-order valence-corrected chi connectivity index (χ3v) is 4.85. The summed E-state index contributed by atoms with van der Waals surface area (Å²) in [5.74, 6) is -2.12. The van der Waals surface area contributed by atoms with E-state index < -0.39 is 33.7 Å². The van der Waals surface area contributed by atoms with Crippen LogP contribution < -0.4 is 29.6 Å². The summed E-state index contributed by atoms with van der Waals surface area (Å²) in [6.45, 7) is 5.65. The molecule has 0 aliphatic rings. The van der Waals surface area contributed by atoms with Crippen molar-refractivity contribution in [2.45, 2.75) is 76.4 Å². The van der Waals surface area contributed by atoms with E-state index in [0.29, 0.717) is 12.8 Å². The van der Waals surface area contributed by atoms with E-state index in [4.69, 9.17) is 9.47 Å². The molecule has 0 bridgehead atoms. The molecule has 0 amide bonds. The number of hydrogen-bond donors (Lipinski definition) is 0. The molecule has 0 fully saturated rings. The topological polar surface area (TPSA) is 110 Å². The van der Waals surface area contributed by atoms with Crippen LogP contribution in [0, 0.1) is 0 Å². The molecule has 0 rings (SSSR count). The monoisotopic (exact) mass is 414 g/mol. The average molecular weight is 414 g/mol. The molecule has 0 spiro atoms. The van der Waals surface area contributed by atoms with Crippen molar-refractivity contribution in [3.05, 3.63) is 12.7 Å². The molecule has 0 saturated carbocycles. The second kappa shape index (κ2) is 17.7. The second-order valence-electron chi connectivity index (χ2n) is 6.13. The fourth-order valence-electron chi connectivity index (χ4n) is 2.27. The van der Waals surface area contributed by atoms with E-state index in [1.54, 1.807) is 0 Å². The van der Waals surface area contributed by atoms with Gasteiger partial charge in [0.25, 0.3) is 0 Å². The van der Waals surface area contributed by atoms with Crippen LogP contribution in [0.1, 0.15) is 71.1 Å². The molecule has 0 N–H and O–H groups in total. The Balaban J connectivity index is 0. The van der Waals surface area contributed by atoms with Gasteiger partial charge in [-0.25, -0.2) is 8.42 Å². The second-order valence-corrected chi connectivity index (χ2v) is 7.68. The molecule has 9 heteroatoms. The van der Waals surface area contributed by atoms with Gasteiger partial charge in [0.05, 0.1) is 19.6 Å². The van der Waals surface area contributed by atoms with Crippen LogP contribution in [0.4, 0.5) is 0 Å². The predicted molar refractivity (Wildman–Crippen MR) is 97.4 cm³/mol. The number of rotatable bonds is 16. The van der Waals surface area contributed by atoms with E-state index in [1.165, 1.54) is 31.8 Å². The van der Waals surface area contributed by atoms with Gasteiger partial charge in [-0.15, -0.1) is 6.58 Å². The van der Waals surface area contributed by atoms with E-state index in [0.717, 1.165) is 19.3 Å². The molecule has 1 atom stereocenters. The Bertz CT molecular complexity index is 520. The van der Waals surface area contributed by atoms with Gasteiger partial charge in [-0.3, -0.25) is 9.59 Å². The molecular formula is C18H31NaO7S. The molecule has 0 aromatic rings. The van der Waals surface area contributed by atoms with Crippen LogP contribution in [0.2, 0.25) is 0 Å². The molecule has 0 heterocycles. The maximum absolute atomic E-state index is 11.8. The Morgan fingerprint density at radius 3 is 2.07 bits per heavy atom. The van der Waals surface area contributed by atoms with Gasteiger partial charge >= 0.3 is 41.5 Å². The fourth-order valence-corrected chi connectivity index (χ4v) is 2.92. The van der Waals surface area contributed by atoms with Gasteiger partial charge in [-0.2, -0.15) is 0 Å². The Morgan fingerprint density at radius 1 is 1.00 bits per heavy atom. The quantitative estimate of drug-likeness (QED) is 0.116. The molecule has 0 aliphatic heterocycles. The normalized spacial score (nSPS) is 11.9. The van der Waals surface area contributed by atoms with Gasteiger partial charge in [-0.05, 0) is 12.8 Å². The number of carbonyl (C=O) groups excluding carboxylic acids is 2. The van der Waals surface area contributed by atoms with Crippen molar-refractivity contribution in [3.8, 4) is 0 Å². The van der Waals surface area contributed by atoms with Crippen LogP contribution in [-0.4, -0.2) is 43.4 Å². The smallest absolute Gasteiger partial charge is 0.747 e. The van der Waals surface area contributed by atoms with Crippen molar-refractivity contribution in [2.75, 3.05) is 13.2 Å². The minimum atomic E-state index is -5.00. The van der Waals surface area contributed by atoms with Gasteiger partial charge in [0.15, 0.2) is 5.25 Å². The first-order chi connectivity index (χ1) is 12.3.